The van der Waals surface area contributed by atoms with Gasteiger partial charge in [-0.1, -0.05) is 6.42 Å². The summed E-state index contributed by atoms with van der Waals surface area (Å²) in [5.74, 6) is 0.449. The zero-order chi connectivity index (χ0) is 11.7. The van der Waals surface area contributed by atoms with Crippen LogP contribution in [0.1, 0.15) is 19.3 Å². The van der Waals surface area contributed by atoms with E-state index >= 15 is 0 Å². The first kappa shape index (κ1) is 10.5. The van der Waals surface area contributed by atoms with Gasteiger partial charge in [0.15, 0.2) is 11.5 Å². The number of nitrogens with two attached hydrogens (primary N) is 1. The minimum atomic E-state index is 0.449. The average Bonchev–Trinajstić information content (AvgIpc) is 2.76. The molecule has 2 aromatic rings. The number of nitrogens with zero attached hydrogens (tertiary/aromatic N) is 4. The van der Waals surface area contributed by atoms with Crippen molar-refractivity contribution in [2.24, 2.45) is 0 Å². The zero-order valence-corrected chi connectivity index (χ0v) is 9.63. The second kappa shape index (κ2) is 4.29. The Hall–Kier alpha value is -1.69. The van der Waals surface area contributed by atoms with Crippen LogP contribution in [-0.4, -0.2) is 32.1 Å². The lowest BCUT2D eigenvalue weighted by Gasteiger charge is -2.23. The van der Waals surface area contributed by atoms with E-state index in [0.29, 0.717) is 17.4 Å². The molecule has 0 spiro atoms. The molecule has 0 aliphatic carbocycles. The summed E-state index contributed by atoms with van der Waals surface area (Å²) >= 11 is 0. The molecule has 2 aromatic heterocycles. The van der Waals surface area contributed by atoms with Crippen molar-refractivity contribution < 1.29 is 0 Å². The van der Waals surface area contributed by atoms with E-state index in [1.165, 1.54) is 25.6 Å². The maximum Gasteiger partial charge on any atom is 0.165 e. The number of hydrogen-bond acceptors (Lipinski definition) is 5. The van der Waals surface area contributed by atoms with Crippen molar-refractivity contribution in [3.05, 3.63) is 12.7 Å². The fourth-order valence-electron chi connectivity index (χ4n) is 2.35. The topological polar surface area (TPSA) is 81.7 Å². The van der Waals surface area contributed by atoms with E-state index in [9.17, 15) is 0 Å². The third kappa shape index (κ3) is 1.95. The van der Waals surface area contributed by atoms with E-state index in [-0.39, 0.29) is 0 Å². The lowest BCUT2D eigenvalue weighted by atomic mass is 10.1. The number of nitrogens with one attached hydrogen (secondary N) is 1. The van der Waals surface area contributed by atoms with E-state index in [0.717, 1.165) is 18.7 Å². The number of hydrogen-bond donors (Lipinski definition) is 2. The number of anilines is 1. The first-order chi connectivity index (χ1) is 8.34. The molecule has 1 fully saturated rings. The van der Waals surface area contributed by atoms with Crippen molar-refractivity contribution in [1.82, 2.24) is 24.8 Å². The molecule has 90 valence electrons. The Morgan fingerprint density at radius 2 is 2.29 bits per heavy atom. The SMILES string of the molecule is Nc1ncnc2c1ncn2CC1CCCCN1. The summed E-state index contributed by atoms with van der Waals surface area (Å²) < 4.78 is 2.05. The molecule has 1 saturated heterocycles. The smallest absolute Gasteiger partial charge is 0.165 e. The third-order valence-electron chi connectivity index (χ3n) is 3.26. The Kier molecular flexibility index (Phi) is 2.64. The van der Waals surface area contributed by atoms with Crippen LogP contribution in [0.3, 0.4) is 0 Å². The van der Waals surface area contributed by atoms with Crippen LogP contribution in [0.2, 0.25) is 0 Å². The molecule has 3 N–H and O–H groups in total. The van der Waals surface area contributed by atoms with Gasteiger partial charge in [-0.3, -0.25) is 0 Å². The molecule has 3 rings (SSSR count). The van der Waals surface area contributed by atoms with Gasteiger partial charge in [-0.15, -0.1) is 0 Å². The highest BCUT2D eigenvalue weighted by Gasteiger charge is 2.15. The fraction of sp³-hybridized carbons (Fsp3) is 0.545. The van der Waals surface area contributed by atoms with Gasteiger partial charge in [0.25, 0.3) is 0 Å². The van der Waals surface area contributed by atoms with Crippen molar-refractivity contribution in [2.75, 3.05) is 12.3 Å². The molecular formula is C11H16N6. The van der Waals surface area contributed by atoms with Crippen molar-refractivity contribution in [3.8, 4) is 0 Å². The van der Waals surface area contributed by atoms with Gasteiger partial charge in [0.05, 0.1) is 6.33 Å². The van der Waals surface area contributed by atoms with Gasteiger partial charge < -0.3 is 15.6 Å². The van der Waals surface area contributed by atoms with Crippen molar-refractivity contribution in [2.45, 2.75) is 31.8 Å². The summed E-state index contributed by atoms with van der Waals surface area (Å²) in [6, 6.07) is 0.511. The van der Waals surface area contributed by atoms with Crippen LogP contribution >= 0.6 is 0 Å². The number of piperidine rings is 1. The van der Waals surface area contributed by atoms with Crippen LogP contribution in [0.5, 0.6) is 0 Å². The Bertz CT molecular complexity index is 514. The van der Waals surface area contributed by atoms with Gasteiger partial charge in [-0.05, 0) is 19.4 Å². The van der Waals surface area contributed by atoms with Crippen molar-refractivity contribution in [3.63, 3.8) is 0 Å². The van der Waals surface area contributed by atoms with Crippen LogP contribution in [0.4, 0.5) is 5.82 Å². The van der Waals surface area contributed by atoms with E-state index in [2.05, 4.69) is 24.8 Å². The van der Waals surface area contributed by atoms with E-state index in [4.69, 9.17) is 5.73 Å². The predicted octanol–water partition coefficient (Wildman–Crippen LogP) is 0.551. The van der Waals surface area contributed by atoms with Crippen LogP contribution in [-0.2, 0) is 6.54 Å². The van der Waals surface area contributed by atoms with Crippen molar-refractivity contribution >= 4 is 17.0 Å². The van der Waals surface area contributed by atoms with Gasteiger partial charge in [-0.2, -0.15) is 0 Å². The van der Waals surface area contributed by atoms with E-state index in [1.54, 1.807) is 6.33 Å². The first-order valence-electron chi connectivity index (χ1n) is 5.99. The molecule has 0 bridgehead atoms. The fourth-order valence-corrected chi connectivity index (χ4v) is 2.35. The number of imidazole rings is 1. The highest BCUT2D eigenvalue weighted by molar-refractivity contribution is 5.81. The number of rotatable bonds is 2. The Morgan fingerprint density at radius 3 is 3.12 bits per heavy atom. The molecule has 0 radical (unpaired) electrons. The van der Waals surface area contributed by atoms with E-state index in [1.807, 2.05) is 0 Å². The molecule has 6 nitrogen and oxygen atoms in total. The minimum absolute atomic E-state index is 0.449. The molecular weight excluding hydrogens is 216 g/mol. The van der Waals surface area contributed by atoms with Crippen molar-refractivity contribution in [1.29, 1.82) is 0 Å². The van der Waals surface area contributed by atoms with Gasteiger partial charge in [-0.25, -0.2) is 15.0 Å². The molecule has 3 heterocycles. The molecule has 17 heavy (non-hydrogen) atoms. The molecule has 6 heteroatoms. The molecule has 1 unspecified atom stereocenters. The second-order valence-electron chi connectivity index (χ2n) is 4.47. The van der Waals surface area contributed by atoms with Crippen LogP contribution in [0, 0.1) is 0 Å². The molecule has 0 aromatic carbocycles. The quantitative estimate of drug-likeness (QED) is 0.790. The van der Waals surface area contributed by atoms with Crippen LogP contribution in [0.25, 0.3) is 11.2 Å². The zero-order valence-electron chi connectivity index (χ0n) is 9.63. The van der Waals surface area contributed by atoms with Gasteiger partial charge >= 0.3 is 0 Å². The lowest BCUT2D eigenvalue weighted by Crippen LogP contribution is -2.37. The normalized spacial score (nSPS) is 20.8. The molecule has 1 aliphatic heterocycles. The van der Waals surface area contributed by atoms with Crippen LogP contribution in [0.15, 0.2) is 12.7 Å². The second-order valence-corrected chi connectivity index (χ2v) is 4.47. The number of aromatic nitrogens is 4. The first-order valence-corrected chi connectivity index (χ1v) is 5.99. The summed E-state index contributed by atoms with van der Waals surface area (Å²) in [5.41, 5.74) is 7.28. The monoisotopic (exact) mass is 232 g/mol. The van der Waals surface area contributed by atoms with E-state index < -0.39 is 0 Å². The molecule has 1 aliphatic rings. The predicted molar refractivity (Wildman–Crippen MR) is 65.4 cm³/mol. The maximum absolute atomic E-state index is 5.76. The summed E-state index contributed by atoms with van der Waals surface area (Å²) in [6.07, 6.45) is 7.06. The minimum Gasteiger partial charge on any atom is -0.382 e. The van der Waals surface area contributed by atoms with Crippen LogP contribution < -0.4 is 11.1 Å². The Labute approximate surface area is 99.3 Å². The standard InChI is InChI=1S/C11H16N6/c12-10-9-11(15-6-14-10)17(7-16-9)5-8-3-1-2-4-13-8/h6-8,13H,1-5H2,(H2,12,14,15). The van der Waals surface area contributed by atoms with Gasteiger partial charge in [0.2, 0.25) is 0 Å². The number of nitrogen functional groups attached to an aromatic ring is 1. The maximum atomic E-state index is 5.76. The summed E-state index contributed by atoms with van der Waals surface area (Å²) in [4.78, 5) is 12.5. The Morgan fingerprint density at radius 1 is 1.35 bits per heavy atom. The molecule has 1 atom stereocenters. The third-order valence-corrected chi connectivity index (χ3v) is 3.26. The summed E-state index contributed by atoms with van der Waals surface area (Å²) in [7, 11) is 0. The number of fused-ring (bicyclic) bond motifs is 1. The molecule has 0 saturated carbocycles. The highest BCUT2D eigenvalue weighted by atomic mass is 15.1. The van der Waals surface area contributed by atoms with Gasteiger partial charge in [0.1, 0.15) is 11.8 Å². The Balaban J connectivity index is 1.87. The average molecular weight is 232 g/mol. The highest BCUT2D eigenvalue weighted by Crippen LogP contribution is 2.16. The summed E-state index contributed by atoms with van der Waals surface area (Å²) in [6.45, 7) is 2.00. The van der Waals surface area contributed by atoms with Gasteiger partial charge in [0, 0.05) is 12.6 Å². The molecule has 0 amide bonds. The largest absolute Gasteiger partial charge is 0.382 e. The lowest BCUT2D eigenvalue weighted by molar-refractivity contribution is 0.365. The summed E-state index contributed by atoms with van der Waals surface area (Å²) in [5, 5.41) is 3.51.